The van der Waals surface area contributed by atoms with Crippen LogP contribution in [0, 0.1) is 0 Å². The van der Waals surface area contributed by atoms with Gasteiger partial charge < -0.3 is 10.6 Å². The average molecular weight is 724 g/mol. The maximum atomic E-state index is 13.1. The van der Waals surface area contributed by atoms with Crippen LogP contribution in [-0.4, -0.2) is 18.9 Å². The van der Waals surface area contributed by atoms with Crippen molar-refractivity contribution in [3.8, 4) is 22.3 Å². The molecule has 0 saturated heterocycles. The van der Waals surface area contributed by atoms with Crippen molar-refractivity contribution in [2.45, 2.75) is 50.4 Å². The summed E-state index contributed by atoms with van der Waals surface area (Å²) in [6.45, 7) is 9.18. The summed E-state index contributed by atoms with van der Waals surface area (Å²) in [6, 6.07) is 34.5. The van der Waals surface area contributed by atoms with Crippen LogP contribution in [0.25, 0.3) is 28.0 Å². The van der Waals surface area contributed by atoms with Gasteiger partial charge in [-0.25, -0.2) is 0 Å². The fourth-order valence-corrected chi connectivity index (χ4v) is 7.15. The van der Waals surface area contributed by atoms with Gasteiger partial charge in [-0.3, -0.25) is 4.99 Å². The second-order valence-corrected chi connectivity index (χ2v) is 13.1. The minimum Gasteiger partial charge on any atom is -0.379 e. The third-order valence-electron chi connectivity index (χ3n) is 9.66. The SMILES string of the molecule is C=C(NCC(F)(F)F)C1(CCCC)c2ccccc2-c2ccccc21.C=C(Nc1ccc2c(c1)N=CC2)c1ccccc1-c1cccc(C(F)(F)F)c1. The maximum absolute atomic E-state index is 13.1. The predicted molar refractivity (Wildman–Crippen MR) is 203 cm³/mol. The van der Waals surface area contributed by atoms with E-state index in [0.717, 1.165) is 77.0 Å². The largest absolute Gasteiger partial charge is 0.416 e. The summed E-state index contributed by atoms with van der Waals surface area (Å²) >= 11 is 0. The quantitative estimate of drug-likeness (QED) is 0.141. The van der Waals surface area contributed by atoms with Crippen molar-refractivity contribution >= 4 is 23.3 Å². The minimum atomic E-state index is -4.38. The van der Waals surface area contributed by atoms with Crippen LogP contribution < -0.4 is 10.6 Å². The molecular weight excluding hydrogens is 684 g/mol. The molecule has 5 aromatic rings. The second-order valence-electron chi connectivity index (χ2n) is 13.1. The Morgan fingerprint density at radius 1 is 0.755 bits per heavy atom. The van der Waals surface area contributed by atoms with Crippen LogP contribution >= 0.6 is 0 Å². The molecule has 1 aliphatic carbocycles. The van der Waals surface area contributed by atoms with Gasteiger partial charge in [0.2, 0.25) is 0 Å². The number of hydrogen-bond donors (Lipinski definition) is 2. The Bertz CT molecular complexity index is 2120. The van der Waals surface area contributed by atoms with Crippen LogP contribution in [-0.2, 0) is 18.0 Å². The number of halogens is 6. The Balaban J connectivity index is 0.000000183. The number of nitrogens with zero attached hydrogens (tertiary/aromatic N) is 1. The lowest BCUT2D eigenvalue weighted by Crippen LogP contribution is -2.39. The molecule has 0 aromatic heterocycles. The molecule has 3 nitrogen and oxygen atoms in total. The molecule has 0 radical (unpaired) electrons. The molecule has 5 aromatic carbocycles. The monoisotopic (exact) mass is 723 g/mol. The highest BCUT2D eigenvalue weighted by atomic mass is 19.4. The molecule has 1 aliphatic heterocycles. The first-order valence-electron chi connectivity index (χ1n) is 17.4. The summed E-state index contributed by atoms with van der Waals surface area (Å²) in [6.07, 6.45) is -3.34. The smallest absolute Gasteiger partial charge is 0.379 e. The molecule has 0 bridgehead atoms. The lowest BCUT2D eigenvalue weighted by atomic mass is 9.72. The average Bonchev–Trinajstić information content (AvgIpc) is 3.73. The van der Waals surface area contributed by atoms with Crippen molar-refractivity contribution in [2.75, 3.05) is 11.9 Å². The molecule has 0 unspecified atom stereocenters. The van der Waals surface area contributed by atoms with Gasteiger partial charge in [0.25, 0.3) is 0 Å². The zero-order valence-electron chi connectivity index (χ0n) is 29.2. The highest BCUT2D eigenvalue weighted by Crippen LogP contribution is 2.54. The summed E-state index contributed by atoms with van der Waals surface area (Å²) in [5, 5.41) is 5.83. The summed E-state index contributed by atoms with van der Waals surface area (Å²) in [5.41, 5.74) is 8.85. The van der Waals surface area contributed by atoms with Crippen molar-refractivity contribution in [3.05, 3.63) is 162 Å². The summed E-state index contributed by atoms with van der Waals surface area (Å²) in [7, 11) is 0. The summed E-state index contributed by atoms with van der Waals surface area (Å²) in [4.78, 5) is 4.34. The predicted octanol–water partition coefficient (Wildman–Crippen LogP) is 12.5. The minimum absolute atomic E-state index is 0.427. The van der Waals surface area contributed by atoms with Crippen LogP contribution in [0.4, 0.5) is 37.7 Å². The van der Waals surface area contributed by atoms with Gasteiger partial charge in [-0.1, -0.05) is 124 Å². The molecule has 9 heteroatoms. The van der Waals surface area contributed by atoms with Crippen LogP contribution in [0.15, 0.2) is 139 Å². The number of fused-ring (bicyclic) bond motifs is 4. The molecule has 0 fully saturated rings. The first kappa shape index (κ1) is 37.2. The number of alkyl halides is 6. The fourth-order valence-electron chi connectivity index (χ4n) is 7.15. The van der Waals surface area contributed by atoms with E-state index in [1.807, 2.05) is 85.1 Å². The van der Waals surface area contributed by atoms with E-state index in [4.69, 9.17) is 0 Å². The van der Waals surface area contributed by atoms with E-state index in [0.29, 0.717) is 22.5 Å². The highest BCUT2D eigenvalue weighted by molar-refractivity contribution is 5.87. The Kier molecular flexibility index (Phi) is 10.7. The third kappa shape index (κ3) is 7.94. The third-order valence-corrected chi connectivity index (χ3v) is 9.66. The van der Waals surface area contributed by atoms with E-state index < -0.39 is 29.9 Å². The number of nitrogens with one attached hydrogen (secondary N) is 2. The number of allylic oxidation sites excluding steroid dienone is 1. The van der Waals surface area contributed by atoms with E-state index >= 15 is 0 Å². The van der Waals surface area contributed by atoms with E-state index in [1.54, 1.807) is 18.2 Å². The van der Waals surface area contributed by atoms with Gasteiger partial charge in [0.05, 0.1) is 16.7 Å². The number of aliphatic imine (C=N–C) groups is 1. The van der Waals surface area contributed by atoms with E-state index in [2.05, 4.69) is 35.7 Å². The summed E-state index contributed by atoms with van der Waals surface area (Å²) in [5.74, 6) is 0. The number of hydrogen-bond acceptors (Lipinski definition) is 3. The van der Waals surface area contributed by atoms with Gasteiger partial charge in [-0.05, 0) is 69.6 Å². The fraction of sp³-hybridized carbons (Fsp3) is 0.205. The van der Waals surface area contributed by atoms with Gasteiger partial charge in [0.1, 0.15) is 6.54 Å². The van der Waals surface area contributed by atoms with Gasteiger partial charge in [0.15, 0.2) is 0 Å². The maximum Gasteiger partial charge on any atom is 0.416 e. The zero-order chi connectivity index (χ0) is 37.8. The molecule has 272 valence electrons. The molecule has 53 heavy (non-hydrogen) atoms. The van der Waals surface area contributed by atoms with Crippen molar-refractivity contribution in [2.24, 2.45) is 4.99 Å². The van der Waals surface area contributed by atoms with Gasteiger partial charge >= 0.3 is 12.4 Å². The first-order chi connectivity index (χ1) is 25.3. The van der Waals surface area contributed by atoms with Gasteiger partial charge in [-0.15, -0.1) is 0 Å². The normalized spacial score (nSPS) is 13.6. The number of benzene rings is 5. The van der Waals surface area contributed by atoms with Crippen LogP contribution in [0.3, 0.4) is 0 Å². The highest BCUT2D eigenvalue weighted by Gasteiger charge is 2.45. The first-order valence-corrected chi connectivity index (χ1v) is 17.4. The lowest BCUT2D eigenvalue weighted by molar-refractivity contribution is -0.137. The molecule has 0 spiro atoms. The van der Waals surface area contributed by atoms with Gasteiger partial charge in [0, 0.05) is 35.3 Å². The Morgan fingerprint density at radius 3 is 2.04 bits per heavy atom. The summed E-state index contributed by atoms with van der Waals surface area (Å²) < 4.78 is 77.6. The molecule has 0 amide bonds. The van der Waals surface area contributed by atoms with E-state index in [9.17, 15) is 26.3 Å². The molecule has 0 atom stereocenters. The van der Waals surface area contributed by atoms with Crippen molar-refractivity contribution in [3.63, 3.8) is 0 Å². The number of rotatable bonds is 10. The molecule has 2 N–H and O–H groups in total. The molecule has 0 saturated carbocycles. The zero-order valence-corrected chi connectivity index (χ0v) is 29.2. The van der Waals surface area contributed by atoms with Crippen molar-refractivity contribution in [1.82, 2.24) is 5.32 Å². The molecule has 2 aliphatic rings. The van der Waals surface area contributed by atoms with E-state index in [1.165, 1.54) is 11.6 Å². The van der Waals surface area contributed by atoms with Crippen molar-refractivity contribution in [1.29, 1.82) is 0 Å². The van der Waals surface area contributed by atoms with Crippen LogP contribution in [0.1, 0.15) is 54.0 Å². The molecular formula is C44H39F6N3. The van der Waals surface area contributed by atoms with Gasteiger partial charge in [-0.2, -0.15) is 26.3 Å². The second kappa shape index (κ2) is 15.2. The Hall–Kier alpha value is -5.57. The topological polar surface area (TPSA) is 36.4 Å². The Labute approximate surface area is 305 Å². The van der Waals surface area contributed by atoms with Crippen molar-refractivity contribution < 1.29 is 26.3 Å². The lowest BCUT2D eigenvalue weighted by Gasteiger charge is -2.35. The molecule has 7 rings (SSSR count). The standard InChI is InChI=1S/C23H17F3N2.C21H22F3N/c1-15(28-19-10-9-16-11-12-27-22(16)14-19)20-7-2-3-8-21(20)17-5-4-6-18(13-17)23(24,25)26;1-3-4-13-20(15(2)25-14-21(22,23)24)18-11-7-5-9-16(18)17-10-6-8-12-19(17)20/h2-10,12-14,28H,1,11H2;5-12,25H,2-4,13-14H2,1H3. The van der Waals surface area contributed by atoms with Crippen LogP contribution in [0.2, 0.25) is 0 Å². The van der Waals surface area contributed by atoms with Crippen LogP contribution in [0.5, 0.6) is 0 Å². The molecule has 1 heterocycles. The number of unbranched alkanes of at least 4 members (excludes halogenated alkanes) is 1. The number of anilines is 1. The Morgan fingerprint density at radius 2 is 1.40 bits per heavy atom. The van der Waals surface area contributed by atoms with E-state index in [-0.39, 0.29) is 0 Å².